The van der Waals surface area contributed by atoms with Crippen LogP contribution in [-0.4, -0.2) is 23.4 Å². The second-order valence-electron chi connectivity index (χ2n) is 4.09. The van der Waals surface area contributed by atoms with Gasteiger partial charge in [0.2, 0.25) is 0 Å². The van der Waals surface area contributed by atoms with Crippen LogP contribution >= 0.6 is 11.6 Å². The Hall–Kier alpha value is -0.530. The molecule has 2 heteroatoms. The van der Waals surface area contributed by atoms with Crippen LogP contribution in [0.5, 0.6) is 0 Å². The monoisotopic (exact) mass is 225 g/mol. The summed E-state index contributed by atoms with van der Waals surface area (Å²) < 4.78 is 0. The number of rotatable bonds is 6. The van der Waals surface area contributed by atoms with Crippen LogP contribution in [0.4, 0.5) is 0 Å². The average Bonchev–Trinajstić information content (AvgIpc) is 2.25. The highest BCUT2D eigenvalue weighted by Crippen LogP contribution is 2.08. The molecular formula is C13H20ClN. The summed E-state index contributed by atoms with van der Waals surface area (Å²) >= 11 is 5.73. The van der Waals surface area contributed by atoms with E-state index in [-0.39, 0.29) is 0 Å². The van der Waals surface area contributed by atoms with Crippen molar-refractivity contribution in [2.75, 3.05) is 12.4 Å². The molecule has 15 heavy (non-hydrogen) atoms. The number of hydrogen-bond acceptors (Lipinski definition) is 1. The molecule has 0 saturated heterocycles. The van der Waals surface area contributed by atoms with E-state index in [0.29, 0.717) is 6.04 Å². The molecule has 1 aromatic rings. The normalized spacial score (nSPS) is 11.3. The second-order valence-corrected chi connectivity index (χ2v) is 4.47. The van der Waals surface area contributed by atoms with E-state index in [1.807, 2.05) is 0 Å². The maximum Gasteiger partial charge on any atom is 0.0236 e. The molecule has 84 valence electrons. The van der Waals surface area contributed by atoms with Gasteiger partial charge in [0, 0.05) is 18.5 Å². The predicted octanol–water partition coefficient (Wildman–Crippen LogP) is 3.53. The van der Waals surface area contributed by atoms with Crippen molar-refractivity contribution in [1.82, 2.24) is 4.90 Å². The molecule has 1 aromatic carbocycles. The third kappa shape index (κ3) is 4.67. The quantitative estimate of drug-likeness (QED) is 0.670. The molecule has 0 aliphatic rings. The lowest BCUT2D eigenvalue weighted by molar-refractivity contribution is 0.214. The number of hydrogen-bond donors (Lipinski definition) is 0. The number of halogens is 1. The first-order chi connectivity index (χ1) is 7.24. The molecule has 0 heterocycles. The van der Waals surface area contributed by atoms with Crippen molar-refractivity contribution in [1.29, 1.82) is 0 Å². The molecule has 0 amide bonds. The minimum atomic E-state index is 0.577. The molecule has 0 spiro atoms. The minimum absolute atomic E-state index is 0.577. The molecule has 0 unspecified atom stereocenters. The van der Waals surface area contributed by atoms with Crippen LogP contribution in [-0.2, 0) is 6.54 Å². The summed E-state index contributed by atoms with van der Waals surface area (Å²) in [6.07, 6.45) is 1.06. The Bertz CT molecular complexity index is 258. The predicted molar refractivity (Wildman–Crippen MR) is 67.3 cm³/mol. The van der Waals surface area contributed by atoms with Gasteiger partial charge in [-0.3, -0.25) is 4.90 Å². The highest BCUT2D eigenvalue weighted by atomic mass is 35.5. The van der Waals surface area contributed by atoms with E-state index >= 15 is 0 Å². The van der Waals surface area contributed by atoms with Gasteiger partial charge >= 0.3 is 0 Å². The summed E-state index contributed by atoms with van der Waals surface area (Å²) in [7, 11) is 0. The van der Waals surface area contributed by atoms with Crippen molar-refractivity contribution >= 4 is 11.6 Å². The Morgan fingerprint density at radius 3 is 2.40 bits per heavy atom. The Labute approximate surface area is 98.0 Å². The van der Waals surface area contributed by atoms with Crippen LogP contribution in [0.25, 0.3) is 0 Å². The average molecular weight is 226 g/mol. The first-order valence-electron chi connectivity index (χ1n) is 5.58. The van der Waals surface area contributed by atoms with E-state index in [2.05, 4.69) is 49.1 Å². The van der Waals surface area contributed by atoms with Gasteiger partial charge in [-0.1, -0.05) is 30.3 Å². The summed E-state index contributed by atoms with van der Waals surface area (Å²) in [5, 5.41) is 0. The van der Waals surface area contributed by atoms with E-state index < -0.39 is 0 Å². The molecule has 0 atom stereocenters. The van der Waals surface area contributed by atoms with Gasteiger partial charge in [0.05, 0.1) is 0 Å². The Kier molecular flexibility index (Phi) is 5.74. The summed E-state index contributed by atoms with van der Waals surface area (Å²) in [4.78, 5) is 2.46. The Balaban J connectivity index is 2.51. The van der Waals surface area contributed by atoms with Crippen LogP contribution < -0.4 is 0 Å². The topological polar surface area (TPSA) is 3.24 Å². The smallest absolute Gasteiger partial charge is 0.0236 e. The fourth-order valence-corrected chi connectivity index (χ4v) is 1.72. The fourth-order valence-electron chi connectivity index (χ4n) is 1.60. The van der Waals surface area contributed by atoms with E-state index in [1.54, 1.807) is 0 Å². The van der Waals surface area contributed by atoms with E-state index in [9.17, 15) is 0 Å². The highest BCUT2D eigenvalue weighted by molar-refractivity contribution is 6.17. The van der Waals surface area contributed by atoms with Gasteiger partial charge in [-0.15, -0.1) is 11.6 Å². The van der Waals surface area contributed by atoms with Crippen LogP contribution in [0.15, 0.2) is 30.3 Å². The van der Waals surface area contributed by atoms with Gasteiger partial charge in [-0.2, -0.15) is 0 Å². The molecule has 0 bridgehead atoms. The molecular weight excluding hydrogens is 206 g/mol. The van der Waals surface area contributed by atoms with Crippen molar-refractivity contribution in [2.24, 2.45) is 0 Å². The lowest BCUT2D eigenvalue weighted by atomic mass is 10.2. The molecule has 1 nitrogen and oxygen atoms in total. The first kappa shape index (κ1) is 12.5. The maximum atomic E-state index is 5.73. The fraction of sp³-hybridized carbons (Fsp3) is 0.538. The third-order valence-corrected chi connectivity index (χ3v) is 2.81. The number of benzene rings is 1. The summed E-state index contributed by atoms with van der Waals surface area (Å²) in [6.45, 7) is 6.57. The summed E-state index contributed by atoms with van der Waals surface area (Å²) in [5.41, 5.74) is 1.38. The van der Waals surface area contributed by atoms with Crippen molar-refractivity contribution in [2.45, 2.75) is 32.9 Å². The van der Waals surface area contributed by atoms with Gasteiger partial charge in [0.25, 0.3) is 0 Å². The zero-order chi connectivity index (χ0) is 11.1. The van der Waals surface area contributed by atoms with Crippen molar-refractivity contribution in [3.8, 4) is 0 Å². The van der Waals surface area contributed by atoms with Crippen LogP contribution in [0, 0.1) is 0 Å². The molecule has 1 rings (SSSR count). The van der Waals surface area contributed by atoms with Crippen molar-refractivity contribution in [3.05, 3.63) is 35.9 Å². The van der Waals surface area contributed by atoms with E-state index in [1.165, 1.54) is 5.56 Å². The lowest BCUT2D eigenvalue weighted by Gasteiger charge is -2.26. The Morgan fingerprint density at radius 2 is 1.87 bits per heavy atom. The number of alkyl halides is 1. The van der Waals surface area contributed by atoms with E-state index in [0.717, 1.165) is 25.4 Å². The van der Waals surface area contributed by atoms with Crippen LogP contribution in [0.1, 0.15) is 25.8 Å². The third-order valence-electron chi connectivity index (χ3n) is 2.54. The first-order valence-corrected chi connectivity index (χ1v) is 6.11. The van der Waals surface area contributed by atoms with Crippen molar-refractivity contribution < 1.29 is 0 Å². The second kappa shape index (κ2) is 6.86. The standard InChI is InChI=1S/C13H20ClN/c1-12(2)15(10-6-9-14)11-13-7-4-3-5-8-13/h3-5,7-8,12H,6,9-11H2,1-2H3. The van der Waals surface area contributed by atoms with Gasteiger partial charge in [-0.05, 0) is 32.4 Å². The molecule has 0 saturated carbocycles. The van der Waals surface area contributed by atoms with Gasteiger partial charge in [0.1, 0.15) is 0 Å². The molecule has 0 fully saturated rings. The molecule has 0 aliphatic carbocycles. The number of nitrogens with zero attached hydrogens (tertiary/aromatic N) is 1. The van der Waals surface area contributed by atoms with Gasteiger partial charge in [-0.25, -0.2) is 0 Å². The van der Waals surface area contributed by atoms with Crippen molar-refractivity contribution in [3.63, 3.8) is 0 Å². The van der Waals surface area contributed by atoms with Crippen LogP contribution in [0.3, 0.4) is 0 Å². The lowest BCUT2D eigenvalue weighted by Crippen LogP contribution is -2.31. The zero-order valence-corrected chi connectivity index (χ0v) is 10.4. The summed E-state index contributed by atoms with van der Waals surface area (Å²) in [5.74, 6) is 0.748. The van der Waals surface area contributed by atoms with Gasteiger partial charge < -0.3 is 0 Å². The molecule has 0 aromatic heterocycles. The largest absolute Gasteiger partial charge is 0.297 e. The molecule has 0 radical (unpaired) electrons. The highest BCUT2D eigenvalue weighted by Gasteiger charge is 2.08. The van der Waals surface area contributed by atoms with Gasteiger partial charge in [0.15, 0.2) is 0 Å². The molecule has 0 aliphatic heterocycles. The van der Waals surface area contributed by atoms with E-state index in [4.69, 9.17) is 11.6 Å². The SMILES string of the molecule is CC(C)N(CCCCl)Cc1ccccc1. The zero-order valence-electron chi connectivity index (χ0n) is 9.62. The van der Waals surface area contributed by atoms with Crippen LogP contribution in [0.2, 0.25) is 0 Å². The Morgan fingerprint density at radius 1 is 1.20 bits per heavy atom. The summed E-state index contributed by atoms with van der Waals surface area (Å²) in [6, 6.07) is 11.2. The maximum absolute atomic E-state index is 5.73. The molecule has 0 N–H and O–H groups in total. The minimum Gasteiger partial charge on any atom is -0.297 e.